The lowest BCUT2D eigenvalue weighted by Gasteiger charge is -2.08. The Bertz CT molecular complexity index is 558. The van der Waals surface area contributed by atoms with Crippen LogP contribution in [0.15, 0.2) is 41.4 Å². The van der Waals surface area contributed by atoms with E-state index in [-0.39, 0.29) is 4.99 Å². The minimum Gasteiger partial charge on any atom is -0.437 e. The summed E-state index contributed by atoms with van der Waals surface area (Å²) in [6, 6.07) is 9.35. The smallest absolute Gasteiger partial charge is 0.249 e. The van der Waals surface area contributed by atoms with Gasteiger partial charge in [-0.3, -0.25) is 0 Å². The third kappa shape index (κ3) is 2.96. The molecule has 0 amide bonds. The molecule has 2 rings (SSSR count). The summed E-state index contributed by atoms with van der Waals surface area (Å²) in [7, 11) is 0. The van der Waals surface area contributed by atoms with Gasteiger partial charge in [-0.25, -0.2) is 0 Å². The predicted octanol–water partition coefficient (Wildman–Crippen LogP) is 2.62. The van der Waals surface area contributed by atoms with Gasteiger partial charge in [0.25, 0.3) is 0 Å². The van der Waals surface area contributed by atoms with Gasteiger partial charge in [0.1, 0.15) is 10.7 Å². The molecule has 0 aliphatic heterocycles. The second kappa shape index (κ2) is 5.79. The highest BCUT2D eigenvalue weighted by Gasteiger charge is 2.09. The number of aromatic nitrogens is 2. The Morgan fingerprint density at radius 1 is 1.28 bits per heavy atom. The second-order valence-corrected chi connectivity index (χ2v) is 4.71. The van der Waals surface area contributed by atoms with Crippen LogP contribution in [0.25, 0.3) is 0 Å². The van der Waals surface area contributed by atoms with Crippen LogP contribution in [0.2, 0.25) is 0 Å². The van der Waals surface area contributed by atoms with E-state index < -0.39 is 0 Å². The van der Waals surface area contributed by atoms with E-state index in [0.717, 1.165) is 4.90 Å². The summed E-state index contributed by atoms with van der Waals surface area (Å²) in [4.78, 5) is 1.40. The Morgan fingerprint density at radius 2 is 2.00 bits per heavy atom. The van der Waals surface area contributed by atoms with Gasteiger partial charge >= 0.3 is 0 Å². The number of hydrogen-bond acceptors (Lipinski definition) is 5. The van der Waals surface area contributed by atoms with Crippen LogP contribution >= 0.6 is 24.0 Å². The van der Waals surface area contributed by atoms with Gasteiger partial charge in [0.2, 0.25) is 5.88 Å². The number of thioether (sulfide) groups is 1. The van der Waals surface area contributed by atoms with Crippen LogP contribution in [0.5, 0.6) is 11.6 Å². The van der Waals surface area contributed by atoms with Crippen LogP contribution in [-0.4, -0.2) is 21.4 Å². The van der Waals surface area contributed by atoms with Gasteiger partial charge < -0.3 is 10.5 Å². The average molecular weight is 277 g/mol. The summed E-state index contributed by atoms with van der Waals surface area (Å²) >= 11 is 6.60. The molecule has 2 aromatic rings. The molecule has 0 aliphatic rings. The maximum atomic E-state index is 5.62. The van der Waals surface area contributed by atoms with Crippen molar-refractivity contribution in [2.45, 2.75) is 4.90 Å². The first-order chi connectivity index (χ1) is 8.70. The van der Waals surface area contributed by atoms with Gasteiger partial charge in [-0.1, -0.05) is 12.2 Å². The minimum atomic E-state index is 0.237. The summed E-state index contributed by atoms with van der Waals surface area (Å²) in [6.45, 7) is 0. The van der Waals surface area contributed by atoms with Crippen molar-refractivity contribution in [3.8, 4) is 11.6 Å². The molecule has 0 unspecified atom stereocenters. The van der Waals surface area contributed by atoms with E-state index in [1.807, 2.05) is 30.5 Å². The Kier molecular flexibility index (Phi) is 4.11. The van der Waals surface area contributed by atoms with Crippen LogP contribution in [0, 0.1) is 0 Å². The van der Waals surface area contributed by atoms with Crippen molar-refractivity contribution < 1.29 is 4.74 Å². The lowest BCUT2D eigenvalue weighted by atomic mass is 10.3. The molecule has 4 nitrogen and oxygen atoms in total. The molecule has 0 radical (unpaired) electrons. The summed E-state index contributed by atoms with van der Waals surface area (Å²) < 4.78 is 5.62. The van der Waals surface area contributed by atoms with Crippen LogP contribution in [0.1, 0.15) is 5.56 Å². The van der Waals surface area contributed by atoms with Crippen molar-refractivity contribution in [1.29, 1.82) is 0 Å². The fraction of sp³-hybridized carbons (Fsp3) is 0.0833. The quantitative estimate of drug-likeness (QED) is 0.685. The largest absolute Gasteiger partial charge is 0.437 e. The molecule has 2 N–H and O–H groups in total. The number of benzene rings is 1. The van der Waals surface area contributed by atoms with Crippen molar-refractivity contribution in [3.05, 3.63) is 42.1 Å². The number of nitrogens with two attached hydrogens (primary N) is 1. The average Bonchev–Trinajstić information content (AvgIpc) is 2.40. The number of hydrogen-bond donors (Lipinski definition) is 1. The molecular formula is C12H11N3OS2. The molecule has 6 heteroatoms. The molecule has 1 aromatic carbocycles. The van der Waals surface area contributed by atoms with Crippen molar-refractivity contribution in [2.24, 2.45) is 5.73 Å². The molecule has 1 aromatic heterocycles. The van der Waals surface area contributed by atoms with Gasteiger partial charge in [-0.15, -0.1) is 16.9 Å². The summed E-state index contributed by atoms with van der Waals surface area (Å²) in [5.41, 5.74) is 6.17. The van der Waals surface area contributed by atoms with Crippen molar-refractivity contribution >= 4 is 29.0 Å². The standard InChI is InChI=1S/C12H11N3OS2/c1-18-9-4-2-8(3-5-9)16-12-10(11(13)17)6-7-14-15-12/h2-7H,1H3,(H2,13,17). The van der Waals surface area contributed by atoms with Crippen molar-refractivity contribution in [3.63, 3.8) is 0 Å². The predicted molar refractivity (Wildman–Crippen MR) is 76.2 cm³/mol. The molecule has 92 valence electrons. The molecule has 0 saturated heterocycles. The highest BCUT2D eigenvalue weighted by Crippen LogP contribution is 2.24. The maximum Gasteiger partial charge on any atom is 0.249 e. The number of thiocarbonyl (C=S) groups is 1. The van der Waals surface area contributed by atoms with Crippen LogP contribution in [0.4, 0.5) is 0 Å². The van der Waals surface area contributed by atoms with Crippen LogP contribution in [0.3, 0.4) is 0 Å². The number of ether oxygens (including phenoxy) is 1. The Labute approximate surface area is 115 Å². The first kappa shape index (κ1) is 12.8. The summed E-state index contributed by atoms with van der Waals surface area (Å²) in [5, 5.41) is 7.66. The monoisotopic (exact) mass is 277 g/mol. The van der Waals surface area contributed by atoms with E-state index in [2.05, 4.69) is 10.2 Å². The molecule has 1 heterocycles. The van der Waals surface area contributed by atoms with Crippen LogP contribution < -0.4 is 10.5 Å². The van der Waals surface area contributed by atoms with E-state index in [0.29, 0.717) is 17.2 Å². The molecular weight excluding hydrogens is 266 g/mol. The second-order valence-electron chi connectivity index (χ2n) is 3.39. The molecule has 0 atom stereocenters. The first-order valence-electron chi connectivity index (χ1n) is 5.14. The van der Waals surface area contributed by atoms with Gasteiger partial charge in [0.05, 0.1) is 11.8 Å². The fourth-order valence-electron chi connectivity index (χ4n) is 1.34. The van der Waals surface area contributed by atoms with Gasteiger partial charge in [-0.2, -0.15) is 5.10 Å². The van der Waals surface area contributed by atoms with Gasteiger partial charge in [0, 0.05) is 4.90 Å². The third-order valence-electron chi connectivity index (χ3n) is 2.23. The highest BCUT2D eigenvalue weighted by atomic mass is 32.2. The lowest BCUT2D eigenvalue weighted by molar-refractivity contribution is 0.454. The first-order valence-corrected chi connectivity index (χ1v) is 6.77. The lowest BCUT2D eigenvalue weighted by Crippen LogP contribution is -2.11. The number of nitrogens with zero attached hydrogens (tertiary/aromatic N) is 2. The Balaban J connectivity index is 2.25. The summed E-state index contributed by atoms with van der Waals surface area (Å²) in [5.74, 6) is 0.993. The van der Waals surface area contributed by atoms with Crippen LogP contribution in [-0.2, 0) is 0 Å². The van der Waals surface area contributed by atoms with Crippen molar-refractivity contribution in [1.82, 2.24) is 10.2 Å². The Hall–Kier alpha value is -1.66. The minimum absolute atomic E-state index is 0.237. The zero-order valence-corrected chi connectivity index (χ0v) is 11.3. The molecule has 0 saturated carbocycles. The third-order valence-corrected chi connectivity index (χ3v) is 3.19. The molecule has 0 fully saturated rings. The normalized spacial score (nSPS) is 10.1. The molecule has 0 bridgehead atoms. The fourth-order valence-corrected chi connectivity index (χ4v) is 1.90. The SMILES string of the molecule is CSc1ccc(Oc2nnccc2C(N)=S)cc1. The zero-order valence-electron chi connectivity index (χ0n) is 9.66. The molecule has 0 aliphatic carbocycles. The number of rotatable bonds is 4. The molecule has 18 heavy (non-hydrogen) atoms. The maximum absolute atomic E-state index is 5.62. The van der Waals surface area contributed by atoms with E-state index in [1.165, 1.54) is 6.20 Å². The highest BCUT2D eigenvalue weighted by molar-refractivity contribution is 7.98. The zero-order chi connectivity index (χ0) is 13.0. The van der Waals surface area contributed by atoms with E-state index in [4.69, 9.17) is 22.7 Å². The van der Waals surface area contributed by atoms with Gasteiger partial charge in [0.15, 0.2) is 0 Å². The topological polar surface area (TPSA) is 61.0 Å². The van der Waals surface area contributed by atoms with E-state index in [1.54, 1.807) is 17.8 Å². The molecule has 0 spiro atoms. The Morgan fingerprint density at radius 3 is 2.61 bits per heavy atom. The summed E-state index contributed by atoms with van der Waals surface area (Å²) in [6.07, 6.45) is 3.54. The van der Waals surface area contributed by atoms with Crippen molar-refractivity contribution in [2.75, 3.05) is 6.26 Å². The van der Waals surface area contributed by atoms with E-state index in [9.17, 15) is 0 Å². The van der Waals surface area contributed by atoms with Gasteiger partial charge in [-0.05, 0) is 36.6 Å². The van der Waals surface area contributed by atoms with E-state index >= 15 is 0 Å².